The number of hydrazine groups is 1. The monoisotopic (exact) mass is 298 g/mol. The Hall–Kier alpha value is -1.86. The number of hydrogen-bond acceptors (Lipinski definition) is 3. The fraction of sp³-hybridized carbons (Fsp3) is 0.357. The fourth-order valence-electron chi connectivity index (χ4n) is 2.33. The van der Waals surface area contributed by atoms with Crippen LogP contribution in [-0.4, -0.2) is 9.78 Å². The molecular weight excluding hydrogens is 281 g/mol. The molecule has 1 unspecified atom stereocenters. The van der Waals surface area contributed by atoms with Crippen molar-refractivity contribution in [2.75, 3.05) is 0 Å². The van der Waals surface area contributed by atoms with Gasteiger partial charge in [-0.1, -0.05) is 19.1 Å². The van der Waals surface area contributed by atoms with Crippen molar-refractivity contribution >= 4 is 0 Å². The topological polar surface area (TPSA) is 55.9 Å². The van der Waals surface area contributed by atoms with E-state index < -0.39 is 17.8 Å². The first-order valence-electron chi connectivity index (χ1n) is 6.52. The van der Waals surface area contributed by atoms with E-state index in [2.05, 4.69) is 10.5 Å². The minimum atomic E-state index is -4.38. The molecule has 0 spiro atoms. The Balaban J connectivity index is 2.46. The van der Waals surface area contributed by atoms with Gasteiger partial charge in [0.15, 0.2) is 0 Å². The molecule has 0 aliphatic rings. The molecule has 0 aliphatic heterocycles. The first-order valence-corrected chi connectivity index (χ1v) is 6.52. The van der Waals surface area contributed by atoms with Crippen LogP contribution in [0, 0.1) is 0 Å². The number of nitrogens with two attached hydrogens (primary N) is 1. The minimum Gasteiger partial charge on any atom is -0.275 e. The predicted octanol–water partition coefficient (Wildman–Crippen LogP) is 2.55. The number of halogens is 3. The van der Waals surface area contributed by atoms with Gasteiger partial charge in [-0.15, -0.1) is 0 Å². The molecule has 0 saturated heterocycles. The Kier molecular flexibility index (Phi) is 4.34. The van der Waals surface area contributed by atoms with Crippen LogP contribution in [0.25, 0.3) is 0 Å². The second-order valence-electron chi connectivity index (χ2n) is 4.78. The number of alkyl halides is 3. The third-order valence-electron chi connectivity index (χ3n) is 3.30. The Morgan fingerprint density at radius 1 is 1.38 bits per heavy atom. The Morgan fingerprint density at radius 3 is 2.67 bits per heavy atom. The third-order valence-corrected chi connectivity index (χ3v) is 3.30. The molecule has 2 rings (SSSR count). The molecule has 0 saturated carbocycles. The van der Waals surface area contributed by atoms with E-state index in [0.717, 1.165) is 23.4 Å². The number of aryl methyl sites for hydroxylation is 2. The van der Waals surface area contributed by atoms with Gasteiger partial charge in [-0.25, -0.2) is 5.43 Å². The summed E-state index contributed by atoms with van der Waals surface area (Å²) in [6.45, 7) is 1.94. The van der Waals surface area contributed by atoms with Crippen molar-refractivity contribution < 1.29 is 13.2 Å². The first-order chi connectivity index (χ1) is 9.86. The average molecular weight is 298 g/mol. The van der Waals surface area contributed by atoms with Crippen molar-refractivity contribution in [1.29, 1.82) is 0 Å². The van der Waals surface area contributed by atoms with Gasteiger partial charge >= 0.3 is 6.18 Å². The number of nitrogens with zero attached hydrogens (tertiary/aromatic N) is 2. The zero-order valence-corrected chi connectivity index (χ0v) is 11.8. The van der Waals surface area contributed by atoms with E-state index in [9.17, 15) is 13.2 Å². The summed E-state index contributed by atoms with van der Waals surface area (Å²) in [5.41, 5.74) is 3.93. The van der Waals surface area contributed by atoms with Crippen LogP contribution in [0.3, 0.4) is 0 Å². The van der Waals surface area contributed by atoms with Gasteiger partial charge in [-0.05, 0) is 24.1 Å². The van der Waals surface area contributed by atoms with Gasteiger partial charge in [0.2, 0.25) is 0 Å². The number of hydrogen-bond donors (Lipinski definition) is 2. The van der Waals surface area contributed by atoms with Gasteiger partial charge < -0.3 is 0 Å². The molecule has 0 bridgehead atoms. The van der Waals surface area contributed by atoms with E-state index in [-0.39, 0.29) is 0 Å². The van der Waals surface area contributed by atoms with Crippen LogP contribution < -0.4 is 11.3 Å². The molecule has 1 aromatic carbocycles. The van der Waals surface area contributed by atoms with Gasteiger partial charge in [0.05, 0.1) is 17.3 Å². The van der Waals surface area contributed by atoms with Crippen molar-refractivity contribution in [1.82, 2.24) is 15.2 Å². The second kappa shape index (κ2) is 5.87. The van der Waals surface area contributed by atoms with E-state index in [1.807, 2.05) is 6.92 Å². The largest absolute Gasteiger partial charge is 0.416 e. The van der Waals surface area contributed by atoms with Gasteiger partial charge in [-0.3, -0.25) is 10.5 Å². The summed E-state index contributed by atoms with van der Waals surface area (Å²) in [6, 6.07) is 4.62. The van der Waals surface area contributed by atoms with Gasteiger partial charge in [0.1, 0.15) is 0 Å². The molecule has 3 N–H and O–H groups in total. The summed E-state index contributed by atoms with van der Waals surface area (Å²) in [6.07, 6.45) is -1.94. The molecule has 114 valence electrons. The van der Waals surface area contributed by atoms with Crippen molar-refractivity contribution in [2.24, 2.45) is 12.9 Å². The summed E-state index contributed by atoms with van der Waals surface area (Å²) >= 11 is 0. The molecule has 21 heavy (non-hydrogen) atoms. The lowest BCUT2D eigenvalue weighted by atomic mass is 9.97. The minimum absolute atomic E-state index is 0.454. The summed E-state index contributed by atoms with van der Waals surface area (Å²) in [7, 11) is 1.77. The zero-order chi connectivity index (χ0) is 15.6. The van der Waals surface area contributed by atoms with Gasteiger partial charge in [-0.2, -0.15) is 18.3 Å². The molecular formula is C14H17F3N4. The SMILES string of the molecule is CCc1nn(C)cc1C(NN)c1cccc(C(F)(F)F)c1. The van der Waals surface area contributed by atoms with Crippen molar-refractivity contribution in [2.45, 2.75) is 25.6 Å². The quantitative estimate of drug-likeness (QED) is 0.674. The molecule has 1 heterocycles. The Labute approximate surface area is 120 Å². The maximum absolute atomic E-state index is 12.8. The maximum atomic E-state index is 12.8. The summed E-state index contributed by atoms with van der Waals surface area (Å²) in [5, 5.41) is 4.29. The molecule has 0 amide bonds. The average Bonchev–Trinajstić information content (AvgIpc) is 2.80. The maximum Gasteiger partial charge on any atom is 0.416 e. The molecule has 2 aromatic rings. The molecule has 7 heteroatoms. The number of nitrogens with one attached hydrogen (secondary N) is 1. The Morgan fingerprint density at radius 2 is 2.10 bits per heavy atom. The van der Waals surface area contributed by atoms with Crippen molar-refractivity contribution in [3.05, 3.63) is 52.8 Å². The summed E-state index contributed by atoms with van der Waals surface area (Å²) in [4.78, 5) is 0. The molecule has 1 aromatic heterocycles. The lowest BCUT2D eigenvalue weighted by Gasteiger charge is -2.18. The predicted molar refractivity (Wildman–Crippen MR) is 73.2 cm³/mol. The zero-order valence-electron chi connectivity index (χ0n) is 11.8. The molecule has 0 aliphatic carbocycles. The lowest BCUT2D eigenvalue weighted by molar-refractivity contribution is -0.137. The van der Waals surface area contributed by atoms with Gasteiger partial charge in [0, 0.05) is 18.8 Å². The lowest BCUT2D eigenvalue weighted by Crippen LogP contribution is -2.29. The number of aromatic nitrogens is 2. The van der Waals surface area contributed by atoms with E-state index in [0.29, 0.717) is 12.0 Å². The molecule has 0 radical (unpaired) electrons. The third kappa shape index (κ3) is 3.25. The van der Waals surface area contributed by atoms with Crippen LogP contribution in [-0.2, 0) is 19.6 Å². The van der Waals surface area contributed by atoms with Gasteiger partial charge in [0.25, 0.3) is 0 Å². The van der Waals surface area contributed by atoms with Crippen LogP contribution in [0.15, 0.2) is 30.5 Å². The van der Waals surface area contributed by atoms with E-state index >= 15 is 0 Å². The summed E-state index contributed by atoms with van der Waals surface area (Å²) < 4.78 is 40.1. The molecule has 4 nitrogen and oxygen atoms in total. The van der Waals surface area contributed by atoms with Crippen molar-refractivity contribution in [3.8, 4) is 0 Å². The first kappa shape index (κ1) is 15.5. The highest BCUT2D eigenvalue weighted by atomic mass is 19.4. The van der Waals surface area contributed by atoms with Crippen LogP contribution >= 0.6 is 0 Å². The second-order valence-corrected chi connectivity index (χ2v) is 4.78. The highest BCUT2D eigenvalue weighted by molar-refractivity contribution is 5.36. The van der Waals surface area contributed by atoms with Crippen LogP contribution in [0.1, 0.15) is 35.3 Å². The highest BCUT2D eigenvalue weighted by Gasteiger charge is 2.31. The van der Waals surface area contributed by atoms with Crippen molar-refractivity contribution in [3.63, 3.8) is 0 Å². The number of rotatable bonds is 4. The fourth-order valence-corrected chi connectivity index (χ4v) is 2.33. The van der Waals surface area contributed by atoms with Crippen LogP contribution in [0.2, 0.25) is 0 Å². The Bertz CT molecular complexity index is 619. The van der Waals surface area contributed by atoms with E-state index in [1.54, 1.807) is 24.0 Å². The number of benzene rings is 1. The van der Waals surface area contributed by atoms with E-state index in [4.69, 9.17) is 5.84 Å². The standard InChI is InChI=1S/C14H17F3N4/c1-3-12-11(8-21(2)20-12)13(19-18)9-5-4-6-10(7-9)14(15,16)17/h4-8,13,19H,3,18H2,1-2H3. The molecule has 1 atom stereocenters. The smallest absolute Gasteiger partial charge is 0.275 e. The normalized spacial score (nSPS) is 13.4. The molecule has 0 fully saturated rings. The van der Waals surface area contributed by atoms with E-state index in [1.165, 1.54) is 6.07 Å². The van der Waals surface area contributed by atoms with Crippen LogP contribution in [0.5, 0.6) is 0 Å². The highest BCUT2D eigenvalue weighted by Crippen LogP contribution is 2.32. The summed E-state index contributed by atoms with van der Waals surface area (Å²) in [5.74, 6) is 5.56. The van der Waals surface area contributed by atoms with Crippen LogP contribution in [0.4, 0.5) is 13.2 Å².